The second-order valence-corrected chi connectivity index (χ2v) is 6.09. The molecule has 2 nitrogen and oxygen atoms in total. The first-order valence-electron chi connectivity index (χ1n) is 7.29. The molecule has 1 N–H and O–H groups in total. The Hall–Kier alpha value is -1.32. The first-order valence-corrected chi connectivity index (χ1v) is 8.08. The SMILES string of the molecule is CCC(NC(C)c1ccc(OC)cc1)c1ccc(Br)cc1. The van der Waals surface area contributed by atoms with Gasteiger partial charge in [0.1, 0.15) is 5.75 Å². The van der Waals surface area contributed by atoms with Crippen LogP contribution in [0.1, 0.15) is 43.5 Å². The van der Waals surface area contributed by atoms with Gasteiger partial charge in [0, 0.05) is 16.6 Å². The Kier molecular flexibility index (Phi) is 5.83. The lowest BCUT2D eigenvalue weighted by atomic mass is 10.0. The molecular weight excluding hydrogens is 326 g/mol. The maximum Gasteiger partial charge on any atom is 0.118 e. The lowest BCUT2D eigenvalue weighted by Gasteiger charge is -2.23. The second kappa shape index (κ2) is 7.62. The van der Waals surface area contributed by atoms with Crippen molar-refractivity contribution in [2.24, 2.45) is 0 Å². The van der Waals surface area contributed by atoms with Crippen molar-refractivity contribution in [3.63, 3.8) is 0 Å². The smallest absolute Gasteiger partial charge is 0.118 e. The number of hydrogen-bond acceptors (Lipinski definition) is 2. The van der Waals surface area contributed by atoms with Gasteiger partial charge in [0.05, 0.1) is 7.11 Å². The summed E-state index contributed by atoms with van der Waals surface area (Å²) in [6.07, 6.45) is 1.06. The Labute approximate surface area is 135 Å². The zero-order valence-corrected chi connectivity index (χ0v) is 14.4. The predicted octanol–water partition coefficient (Wildman–Crippen LogP) is 5.26. The number of nitrogens with one attached hydrogen (secondary N) is 1. The standard InChI is InChI=1S/C18H22BrNO/c1-4-18(15-5-9-16(19)10-6-15)20-13(2)14-7-11-17(21-3)12-8-14/h5-13,18,20H,4H2,1-3H3. The molecule has 0 saturated carbocycles. The number of hydrogen-bond donors (Lipinski definition) is 1. The van der Waals surface area contributed by atoms with E-state index >= 15 is 0 Å². The zero-order chi connectivity index (χ0) is 15.2. The summed E-state index contributed by atoms with van der Waals surface area (Å²) in [5, 5.41) is 3.70. The fourth-order valence-electron chi connectivity index (χ4n) is 2.44. The van der Waals surface area contributed by atoms with Crippen molar-refractivity contribution >= 4 is 15.9 Å². The molecule has 2 rings (SSSR count). The molecule has 2 atom stereocenters. The van der Waals surface area contributed by atoms with Crippen molar-refractivity contribution in [1.29, 1.82) is 0 Å². The number of benzene rings is 2. The van der Waals surface area contributed by atoms with Crippen LogP contribution in [0, 0.1) is 0 Å². The van der Waals surface area contributed by atoms with Crippen molar-refractivity contribution < 1.29 is 4.74 Å². The topological polar surface area (TPSA) is 21.3 Å². The molecule has 2 unspecified atom stereocenters. The number of rotatable bonds is 6. The van der Waals surface area contributed by atoms with E-state index < -0.39 is 0 Å². The Morgan fingerprint density at radius 3 is 2.10 bits per heavy atom. The highest BCUT2D eigenvalue weighted by Crippen LogP contribution is 2.24. The first kappa shape index (κ1) is 16.1. The summed E-state index contributed by atoms with van der Waals surface area (Å²) in [7, 11) is 1.69. The highest BCUT2D eigenvalue weighted by Gasteiger charge is 2.13. The van der Waals surface area contributed by atoms with Crippen LogP contribution in [0.15, 0.2) is 53.0 Å². The van der Waals surface area contributed by atoms with Gasteiger partial charge in [-0.1, -0.05) is 47.1 Å². The third kappa shape index (κ3) is 4.32. The maximum absolute atomic E-state index is 5.21. The molecule has 0 heterocycles. The second-order valence-electron chi connectivity index (χ2n) is 5.17. The minimum Gasteiger partial charge on any atom is -0.497 e. The molecule has 0 aliphatic heterocycles. The van der Waals surface area contributed by atoms with Gasteiger partial charge < -0.3 is 10.1 Å². The maximum atomic E-state index is 5.21. The average Bonchev–Trinajstić information content (AvgIpc) is 2.53. The van der Waals surface area contributed by atoms with Crippen molar-refractivity contribution in [1.82, 2.24) is 5.32 Å². The largest absolute Gasteiger partial charge is 0.497 e. The van der Waals surface area contributed by atoms with Crippen LogP contribution in [0.3, 0.4) is 0 Å². The summed E-state index contributed by atoms with van der Waals surface area (Å²) in [5.41, 5.74) is 2.59. The van der Waals surface area contributed by atoms with Gasteiger partial charge in [-0.15, -0.1) is 0 Å². The van der Waals surface area contributed by atoms with Crippen LogP contribution in [0.5, 0.6) is 5.75 Å². The molecule has 0 radical (unpaired) electrons. The summed E-state index contributed by atoms with van der Waals surface area (Å²) < 4.78 is 6.32. The van der Waals surface area contributed by atoms with E-state index in [0.717, 1.165) is 16.6 Å². The zero-order valence-electron chi connectivity index (χ0n) is 12.8. The third-order valence-electron chi connectivity index (χ3n) is 3.75. The van der Waals surface area contributed by atoms with E-state index in [1.807, 2.05) is 12.1 Å². The van der Waals surface area contributed by atoms with E-state index in [0.29, 0.717) is 12.1 Å². The molecule has 0 aliphatic rings. The molecule has 0 saturated heterocycles. The van der Waals surface area contributed by atoms with Gasteiger partial charge in [-0.25, -0.2) is 0 Å². The molecule has 2 aromatic carbocycles. The quantitative estimate of drug-likeness (QED) is 0.769. The first-order chi connectivity index (χ1) is 10.1. The van der Waals surface area contributed by atoms with Gasteiger partial charge in [0.25, 0.3) is 0 Å². The summed E-state index contributed by atoms with van der Waals surface area (Å²) >= 11 is 3.49. The Morgan fingerprint density at radius 1 is 1.00 bits per heavy atom. The van der Waals surface area contributed by atoms with Crippen molar-refractivity contribution in [2.45, 2.75) is 32.4 Å². The predicted molar refractivity (Wildman–Crippen MR) is 91.7 cm³/mol. The van der Waals surface area contributed by atoms with Gasteiger partial charge in [-0.3, -0.25) is 0 Å². The highest BCUT2D eigenvalue weighted by molar-refractivity contribution is 9.10. The van der Waals surface area contributed by atoms with E-state index in [2.05, 4.69) is 71.5 Å². The summed E-state index contributed by atoms with van der Waals surface area (Å²) in [6, 6.07) is 17.4. The van der Waals surface area contributed by atoms with Crippen molar-refractivity contribution in [2.75, 3.05) is 7.11 Å². The van der Waals surface area contributed by atoms with Crippen LogP contribution in [0.25, 0.3) is 0 Å². The molecular formula is C18H22BrNO. The number of ether oxygens (including phenoxy) is 1. The molecule has 0 aromatic heterocycles. The molecule has 0 amide bonds. The van der Waals surface area contributed by atoms with Gasteiger partial charge in [-0.2, -0.15) is 0 Å². The van der Waals surface area contributed by atoms with Crippen LogP contribution >= 0.6 is 15.9 Å². The molecule has 3 heteroatoms. The van der Waals surface area contributed by atoms with Crippen molar-refractivity contribution in [3.8, 4) is 5.75 Å². The number of methoxy groups -OCH3 is 1. The Morgan fingerprint density at radius 2 is 1.57 bits per heavy atom. The Balaban J connectivity index is 2.08. The van der Waals surface area contributed by atoms with Crippen LogP contribution in [0.4, 0.5) is 0 Å². The Bertz CT molecular complexity index is 550. The molecule has 21 heavy (non-hydrogen) atoms. The fraction of sp³-hybridized carbons (Fsp3) is 0.333. The van der Waals surface area contributed by atoms with Crippen LogP contribution in [-0.2, 0) is 0 Å². The molecule has 0 fully saturated rings. The molecule has 0 bridgehead atoms. The van der Waals surface area contributed by atoms with Gasteiger partial charge in [-0.05, 0) is 48.7 Å². The third-order valence-corrected chi connectivity index (χ3v) is 4.28. The van der Waals surface area contributed by atoms with Crippen molar-refractivity contribution in [3.05, 3.63) is 64.1 Å². The lowest BCUT2D eigenvalue weighted by Crippen LogP contribution is -2.24. The van der Waals surface area contributed by atoms with E-state index in [1.54, 1.807) is 7.11 Å². The van der Waals surface area contributed by atoms with Gasteiger partial charge >= 0.3 is 0 Å². The van der Waals surface area contributed by atoms with E-state index in [9.17, 15) is 0 Å². The fourth-order valence-corrected chi connectivity index (χ4v) is 2.70. The van der Waals surface area contributed by atoms with Gasteiger partial charge in [0.2, 0.25) is 0 Å². The molecule has 2 aromatic rings. The van der Waals surface area contributed by atoms with Crippen LogP contribution in [-0.4, -0.2) is 7.11 Å². The van der Waals surface area contributed by atoms with E-state index in [-0.39, 0.29) is 0 Å². The summed E-state index contributed by atoms with van der Waals surface area (Å²) in [4.78, 5) is 0. The minimum absolute atomic E-state index is 0.296. The van der Waals surface area contributed by atoms with E-state index in [4.69, 9.17) is 4.74 Å². The normalized spacial score (nSPS) is 13.7. The summed E-state index contributed by atoms with van der Waals surface area (Å²) in [6.45, 7) is 4.41. The minimum atomic E-state index is 0.296. The molecule has 112 valence electrons. The molecule has 0 aliphatic carbocycles. The lowest BCUT2D eigenvalue weighted by molar-refractivity contribution is 0.413. The van der Waals surface area contributed by atoms with Gasteiger partial charge in [0.15, 0.2) is 0 Å². The molecule has 0 spiro atoms. The summed E-state index contributed by atoms with van der Waals surface area (Å²) in [5.74, 6) is 0.894. The number of halogens is 1. The highest BCUT2D eigenvalue weighted by atomic mass is 79.9. The average molecular weight is 348 g/mol. The van der Waals surface area contributed by atoms with Crippen LogP contribution < -0.4 is 10.1 Å². The van der Waals surface area contributed by atoms with Crippen LogP contribution in [0.2, 0.25) is 0 Å². The monoisotopic (exact) mass is 347 g/mol. The van der Waals surface area contributed by atoms with E-state index in [1.165, 1.54) is 11.1 Å².